The number of benzene rings is 3. The van der Waals surface area contributed by atoms with E-state index in [0.717, 1.165) is 5.56 Å². The number of para-hydroxylation sites is 1. The molecule has 3 amide bonds. The number of rotatable bonds is 4. The quantitative estimate of drug-likeness (QED) is 0.507. The number of fused-ring (bicyclic) bond motifs is 4. The molecule has 0 saturated carbocycles. The standard InChI is InChI=1S/C27H23N3O5/c1-35-18-12-8-16(9-13-18)30-24(32)22-21(14-15-6-10-17(31)11-7-15)29-27(23(22)25(30)33)19-4-2-3-5-20(19)28-26(27)34/h2-13,21-23,29,31H,14H2,1H3,(H,28,34)/t21-,22+,23-,27+/m1/s1. The minimum absolute atomic E-state index is 0.143. The Morgan fingerprint density at radius 3 is 2.37 bits per heavy atom. The molecule has 3 heterocycles. The van der Waals surface area contributed by atoms with E-state index in [4.69, 9.17) is 4.74 Å². The lowest BCUT2D eigenvalue weighted by Crippen LogP contribution is -2.53. The van der Waals surface area contributed by atoms with Crippen LogP contribution < -0.4 is 20.3 Å². The van der Waals surface area contributed by atoms with Crippen molar-refractivity contribution in [1.82, 2.24) is 5.32 Å². The number of amides is 3. The van der Waals surface area contributed by atoms with Crippen LogP contribution in [0.2, 0.25) is 0 Å². The van der Waals surface area contributed by atoms with E-state index in [9.17, 15) is 19.5 Å². The molecule has 0 radical (unpaired) electrons. The number of ether oxygens (including phenoxy) is 1. The lowest BCUT2D eigenvalue weighted by Gasteiger charge is -2.29. The largest absolute Gasteiger partial charge is 0.508 e. The van der Waals surface area contributed by atoms with Crippen LogP contribution in [0, 0.1) is 11.8 Å². The number of hydrogen-bond acceptors (Lipinski definition) is 6. The molecule has 1 spiro atoms. The fourth-order valence-corrected chi connectivity index (χ4v) is 5.80. The van der Waals surface area contributed by atoms with E-state index in [1.165, 1.54) is 4.90 Å². The van der Waals surface area contributed by atoms with Gasteiger partial charge in [-0.05, 0) is 54.4 Å². The summed E-state index contributed by atoms with van der Waals surface area (Å²) in [5.74, 6) is -1.96. The second kappa shape index (κ2) is 7.68. The summed E-state index contributed by atoms with van der Waals surface area (Å²) in [5.41, 5.74) is 1.28. The molecular weight excluding hydrogens is 446 g/mol. The van der Waals surface area contributed by atoms with Gasteiger partial charge in [0, 0.05) is 17.3 Å². The Morgan fingerprint density at radius 2 is 1.66 bits per heavy atom. The molecule has 3 aliphatic rings. The van der Waals surface area contributed by atoms with Crippen molar-refractivity contribution in [1.29, 1.82) is 0 Å². The monoisotopic (exact) mass is 469 g/mol. The third kappa shape index (κ3) is 2.99. The zero-order valence-electron chi connectivity index (χ0n) is 18.9. The van der Waals surface area contributed by atoms with Gasteiger partial charge in [0.05, 0.1) is 24.6 Å². The average Bonchev–Trinajstić information content (AvgIpc) is 3.45. The maximum absolute atomic E-state index is 13.9. The Kier molecular flexibility index (Phi) is 4.69. The normalized spacial score (nSPS) is 26.7. The molecule has 176 valence electrons. The SMILES string of the molecule is COc1ccc(N2C(=O)[C@H]3[C@@H](Cc4ccc(O)cc4)N[C@]4(C(=O)Nc5ccccc54)[C@H]3C2=O)cc1. The number of methoxy groups -OCH3 is 1. The predicted octanol–water partition coefficient (Wildman–Crippen LogP) is 2.57. The van der Waals surface area contributed by atoms with E-state index in [2.05, 4.69) is 10.6 Å². The summed E-state index contributed by atoms with van der Waals surface area (Å²) in [6.07, 6.45) is 0.411. The number of carbonyl (C=O) groups is 3. The van der Waals surface area contributed by atoms with E-state index in [-0.39, 0.29) is 17.6 Å². The van der Waals surface area contributed by atoms with Gasteiger partial charge in [-0.3, -0.25) is 19.7 Å². The molecule has 2 saturated heterocycles. The molecule has 0 unspecified atom stereocenters. The molecule has 0 bridgehead atoms. The Bertz CT molecular complexity index is 1350. The van der Waals surface area contributed by atoms with Crippen LogP contribution >= 0.6 is 0 Å². The molecule has 3 aromatic carbocycles. The smallest absolute Gasteiger partial charge is 0.250 e. The van der Waals surface area contributed by atoms with Gasteiger partial charge in [0.15, 0.2) is 0 Å². The van der Waals surface area contributed by atoms with Crippen molar-refractivity contribution in [3.8, 4) is 11.5 Å². The Hall–Kier alpha value is -4.17. The minimum Gasteiger partial charge on any atom is -0.508 e. The van der Waals surface area contributed by atoms with Crippen molar-refractivity contribution in [3.05, 3.63) is 83.9 Å². The maximum Gasteiger partial charge on any atom is 0.250 e. The summed E-state index contributed by atoms with van der Waals surface area (Å²) in [5, 5.41) is 16.0. The number of imide groups is 1. The average molecular weight is 469 g/mol. The van der Waals surface area contributed by atoms with Crippen LogP contribution in [0.4, 0.5) is 11.4 Å². The van der Waals surface area contributed by atoms with Gasteiger partial charge in [0.1, 0.15) is 17.0 Å². The van der Waals surface area contributed by atoms with Gasteiger partial charge in [-0.15, -0.1) is 0 Å². The highest BCUT2D eigenvalue weighted by Crippen LogP contribution is 2.53. The first-order chi connectivity index (χ1) is 16.9. The second-order valence-corrected chi connectivity index (χ2v) is 9.14. The number of phenols is 1. The summed E-state index contributed by atoms with van der Waals surface area (Å²) in [7, 11) is 1.55. The van der Waals surface area contributed by atoms with E-state index >= 15 is 0 Å². The number of nitrogens with zero attached hydrogens (tertiary/aromatic N) is 1. The van der Waals surface area contributed by atoms with E-state index < -0.39 is 29.3 Å². The Morgan fingerprint density at radius 1 is 0.943 bits per heavy atom. The highest BCUT2D eigenvalue weighted by atomic mass is 16.5. The van der Waals surface area contributed by atoms with Gasteiger partial charge in [-0.25, -0.2) is 4.90 Å². The summed E-state index contributed by atoms with van der Waals surface area (Å²) >= 11 is 0. The summed E-state index contributed by atoms with van der Waals surface area (Å²) < 4.78 is 5.21. The molecule has 3 aromatic rings. The van der Waals surface area contributed by atoms with E-state index in [1.807, 2.05) is 18.2 Å². The first kappa shape index (κ1) is 21.4. The van der Waals surface area contributed by atoms with Crippen LogP contribution in [0.25, 0.3) is 0 Å². The van der Waals surface area contributed by atoms with Crippen molar-refractivity contribution in [2.45, 2.75) is 18.0 Å². The third-order valence-corrected chi connectivity index (χ3v) is 7.35. The molecule has 0 aliphatic carbocycles. The van der Waals surface area contributed by atoms with Crippen molar-refractivity contribution in [3.63, 3.8) is 0 Å². The number of anilines is 2. The van der Waals surface area contributed by atoms with Crippen LogP contribution in [-0.4, -0.2) is 36.0 Å². The van der Waals surface area contributed by atoms with E-state index in [0.29, 0.717) is 29.1 Å². The zero-order chi connectivity index (χ0) is 24.3. The summed E-state index contributed by atoms with van der Waals surface area (Å²) in [4.78, 5) is 42.5. The Balaban J connectivity index is 1.47. The molecular formula is C27H23N3O5. The summed E-state index contributed by atoms with van der Waals surface area (Å²) in [6, 6.07) is 20.3. The van der Waals surface area contributed by atoms with Gasteiger partial charge in [-0.1, -0.05) is 30.3 Å². The van der Waals surface area contributed by atoms with Crippen molar-refractivity contribution < 1.29 is 24.2 Å². The Labute approximate surface area is 201 Å². The van der Waals surface area contributed by atoms with Gasteiger partial charge >= 0.3 is 0 Å². The zero-order valence-corrected chi connectivity index (χ0v) is 18.9. The van der Waals surface area contributed by atoms with Crippen molar-refractivity contribution in [2.24, 2.45) is 11.8 Å². The molecule has 3 N–H and O–H groups in total. The van der Waals surface area contributed by atoms with Crippen LogP contribution in [0.3, 0.4) is 0 Å². The molecule has 2 fully saturated rings. The topological polar surface area (TPSA) is 108 Å². The van der Waals surface area contributed by atoms with Crippen LogP contribution in [-0.2, 0) is 26.3 Å². The third-order valence-electron chi connectivity index (χ3n) is 7.35. The van der Waals surface area contributed by atoms with Crippen molar-refractivity contribution in [2.75, 3.05) is 17.3 Å². The highest BCUT2D eigenvalue weighted by Gasteiger charge is 2.70. The predicted molar refractivity (Wildman–Crippen MR) is 128 cm³/mol. The molecule has 4 atom stereocenters. The lowest BCUT2D eigenvalue weighted by molar-refractivity contribution is -0.130. The van der Waals surface area contributed by atoms with Gasteiger partial charge in [0.25, 0.3) is 0 Å². The number of nitrogens with one attached hydrogen (secondary N) is 2. The maximum atomic E-state index is 13.9. The second-order valence-electron chi connectivity index (χ2n) is 9.14. The van der Waals surface area contributed by atoms with Crippen LogP contribution in [0.5, 0.6) is 11.5 Å². The number of carbonyl (C=O) groups excluding carboxylic acids is 3. The van der Waals surface area contributed by atoms with Gasteiger partial charge in [-0.2, -0.15) is 0 Å². The number of phenolic OH excluding ortho intramolecular Hbond substituents is 1. The van der Waals surface area contributed by atoms with E-state index in [1.54, 1.807) is 61.7 Å². The molecule has 8 nitrogen and oxygen atoms in total. The fourth-order valence-electron chi connectivity index (χ4n) is 5.80. The minimum atomic E-state index is -1.35. The van der Waals surface area contributed by atoms with Gasteiger partial charge < -0.3 is 15.2 Å². The number of hydrogen-bond donors (Lipinski definition) is 3. The fraction of sp³-hybridized carbons (Fsp3) is 0.222. The molecule has 0 aromatic heterocycles. The molecule has 8 heteroatoms. The molecule has 3 aliphatic heterocycles. The van der Waals surface area contributed by atoms with Crippen molar-refractivity contribution >= 4 is 29.1 Å². The van der Waals surface area contributed by atoms with Gasteiger partial charge in [0.2, 0.25) is 17.7 Å². The lowest BCUT2D eigenvalue weighted by atomic mass is 9.76. The highest BCUT2D eigenvalue weighted by molar-refractivity contribution is 6.25. The number of aromatic hydroxyl groups is 1. The van der Waals surface area contributed by atoms with Crippen LogP contribution in [0.1, 0.15) is 11.1 Å². The summed E-state index contributed by atoms with van der Waals surface area (Å²) in [6.45, 7) is 0. The first-order valence-corrected chi connectivity index (χ1v) is 11.4. The van der Waals surface area contributed by atoms with Crippen LogP contribution in [0.15, 0.2) is 72.8 Å². The first-order valence-electron chi connectivity index (χ1n) is 11.4. The molecule has 6 rings (SSSR count). The molecule has 35 heavy (non-hydrogen) atoms.